The van der Waals surface area contributed by atoms with Gasteiger partial charge in [0.15, 0.2) is 5.96 Å². The third-order valence-electron chi connectivity index (χ3n) is 5.30. The molecule has 0 atom stereocenters. The third kappa shape index (κ3) is 7.80. The van der Waals surface area contributed by atoms with Crippen LogP contribution in [0.15, 0.2) is 53.5 Å². The summed E-state index contributed by atoms with van der Waals surface area (Å²) >= 11 is 0. The van der Waals surface area contributed by atoms with E-state index in [1.807, 2.05) is 0 Å². The molecule has 0 radical (unpaired) electrons. The number of rotatable bonds is 8. The molecule has 1 fully saturated rings. The van der Waals surface area contributed by atoms with Crippen LogP contribution in [0.1, 0.15) is 36.5 Å². The van der Waals surface area contributed by atoms with Gasteiger partial charge < -0.3 is 15.5 Å². The second-order valence-corrected chi connectivity index (χ2v) is 7.91. The summed E-state index contributed by atoms with van der Waals surface area (Å²) in [5.74, 6) is 0.852. The molecule has 1 heterocycles. The van der Waals surface area contributed by atoms with E-state index in [1.165, 1.54) is 48.3 Å². The van der Waals surface area contributed by atoms with Gasteiger partial charge >= 0.3 is 0 Å². The lowest BCUT2D eigenvalue weighted by Crippen LogP contribution is -2.36. The maximum Gasteiger partial charge on any atom is 0.191 e. The highest BCUT2D eigenvalue weighted by Gasteiger charge is 2.11. The molecule has 1 aliphatic rings. The SMILES string of the molecule is CCNC(=NCc1ccc(N(C)C)cc1)NCc1ccc(CN2CCCC2)cc1.I. The molecule has 0 unspecified atom stereocenters. The highest BCUT2D eigenvalue weighted by Crippen LogP contribution is 2.14. The normalized spacial score (nSPS) is 14.3. The summed E-state index contributed by atoms with van der Waals surface area (Å²) in [6.07, 6.45) is 2.68. The molecule has 30 heavy (non-hydrogen) atoms. The van der Waals surface area contributed by atoms with Gasteiger partial charge in [-0.15, -0.1) is 24.0 Å². The summed E-state index contributed by atoms with van der Waals surface area (Å²) in [4.78, 5) is 9.38. The minimum Gasteiger partial charge on any atom is -0.378 e. The standard InChI is InChI=1S/C24H35N5.HI/c1-4-25-24(27-18-21-11-13-23(14-12-21)28(2)3)26-17-20-7-9-22(10-8-20)19-29-15-5-6-16-29;/h7-14H,4-6,15-19H2,1-3H3,(H2,25,26,27);1H. The zero-order chi connectivity index (χ0) is 20.5. The Labute approximate surface area is 199 Å². The number of aliphatic imine (C=N–C) groups is 1. The van der Waals surface area contributed by atoms with Gasteiger partial charge in [0, 0.05) is 39.4 Å². The van der Waals surface area contributed by atoms with Crippen LogP contribution >= 0.6 is 24.0 Å². The molecule has 2 aromatic rings. The first-order valence-electron chi connectivity index (χ1n) is 10.7. The Hall–Kier alpha value is -1.80. The molecular formula is C24H36IN5. The molecule has 1 aliphatic heterocycles. The van der Waals surface area contributed by atoms with Gasteiger partial charge in [0.2, 0.25) is 0 Å². The highest BCUT2D eigenvalue weighted by atomic mass is 127. The topological polar surface area (TPSA) is 42.9 Å². The van der Waals surface area contributed by atoms with E-state index in [0.717, 1.165) is 25.6 Å². The second kappa shape index (κ2) is 12.8. The van der Waals surface area contributed by atoms with Crippen molar-refractivity contribution in [3.63, 3.8) is 0 Å². The molecule has 6 heteroatoms. The Bertz CT molecular complexity index is 765. The van der Waals surface area contributed by atoms with Gasteiger partial charge in [0.1, 0.15) is 0 Å². The summed E-state index contributed by atoms with van der Waals surface area (Å²) < 4.78 is 0. The quantitative estimate of drug-likeness (QED) is 0.310. The predicted octanol–water partition coefficient (Wildman–Crippen LogP) is 4.22. The number of hydrogen-bond acceptors (Lipinski definition) is 3. The minimum atomic E-state index is 0. The number of hydrogen-bond donors (Lipinski definition) is 2. The number of nitrogens with one attached hydrogen (secondary N) is 2. The first-order valence-corrected chi connectivity index (χ1v) is 10.7. The smallest absolute Gasteiger partial charge is 0.191 e. The second-order valence-electron chi connectivity index (χ2n) is 7.91. The molecule has 0 bridgehead atoms. The van der Waals surface area contributed by atoms with Gasteiger partial charge in [-0.05, 0) is 61.7 Å². The average Bonchev–Trinajstić information content (AvgIpc) is 3.24. The molecule has 164 valence electrons. The van der Waals surface area contributed by atoms with E-state index in [1.54, 1.807) is 0 Å². The molecule has 0 spiro atoms. The summed E-state index contributed by atoms with van der Waals surface area (Å²) in [5, 5.41) is 6.79. The lowest BCUT2D eigenvalue weighted by molar-refractivity contribution is 0.331. The van der Waals surface area contributed by atoms with Crippen molar-refractivity contribution >= 4 is 35.6 Å². The van der Waals surface area contributed by atoms with Crippen LogP contribution in [0.4, 0.5) is 5.69 Å². The van der Waals surface area contributed by atoms with E-state index in [9.17, 15) is 0 Å². The van der Waals surface area contributed by atoms with E-state index in [-0.39, 0.29) is 24.0 Å². The van der Waals surface area contributed by atoms with Gasteiger partial charge in [-0.3, -0.25) is 4.90 Å². The first-order chi connectivity index (χ1) is 14.1. The van der Waals surface area contributed by atoms with Crippen molar-refractivity contribution in [3.8, 4) is 0 Å². The Kier molecular flexibility index (Phi) is 10.4. The maximum atomic E-state index is 4.73. The largest absolute Gasteiger partial charge is 0.378 e. The van der Waals surface area contributed by atoms with E-state index in [4.69, 9.17) is 4.99 Å². The van der Waals surface area contributed by atoms with Crippen molar-refractivity contribution in [1.29, 1.82) is 0 Å². The zero-order valence-electron chi connectivity index (χ0n) is 18.5. The van der Waals surface area contributed by atoms with Crippen LogP contribution in [-0.4, -0.2) is 44.6 Å². The van der Waals surface area contributed by atoms with Gasteiger partial charge in [-0.1, -0.05) is 36.4 Å². The van der Waals surface area contributed by atoms with Crippen molar-refractivity contribution in [2.45, 2.75) is 39.4 Å². The Morgan fingerprint density at radius 1 is 0.900 bits per heavy atom. The van der Waals surface area contributed by atoms with E-state index < -0.39 is 0 Å². The lowest BCUT2D eigenvalue weighted by atomic mass is 10.1. The molecule has 0 amide bonds. The van der Waals surface area contributed by atoms with Crippen molar-refractivity contribution in [1.82, 2.24) is 15.5 Å². The number of nitrogens with zero attached hydrogens (tertiary/aromatic N) is 3. The predicted molar refractivity (Wildman–Crippen MR) is 139 cm³/mol. The van der Waals surface area contributed by atoms with Crippen molar-refractivity contribution in [2.24, 2.45) is 4.99 Å². The third-order valence-corrected chi connectivity index (χ3v) is 5.30. The molecule has 0 saturated carbocycles. The molecule has 0 aromatic heterocycles. The van der Waals surface area contributed by atoms with Crippen LogP contribution in [0.3, 0.4) is 0 Å². The lowest BCUT2D eigenvalue weighted by Gasteiger charge is -2.15. The van der Waals surface area contributed by atoms with Gasteiger partial charge in [-0.2, -0.15) is 0 Å². The first kappa shape index (κ1) is 24.5. The van der Waals surface area contributed by atoms with Crippen LogP contribution in [0.25, 0.3) is 0 Å². The average molecular weight is 521 g/mol. The summed E-state index contributed by atoms with van der Waals surface area (Å²) in [6.45, 7) is 7.93. The van der Waals surface area contributed by atoms with Crippen LogP contribution in [0.2, 0.25) is 0 Å². The monoisotopic (exact) mass is 521 g/mol. The number of anilines is 1. The molecule has 1 saturated heterocycles. The minimum absolute atomic E-state index is 0. The van der Waals surface area contributed by atoms with E-state index in [2.05, 4.69) is 90.0 Å². The molecule has 2 N–H and O–H groups in total. The Morgan fingerprint density at radius 3 is 2.10 bits per heavy atom. The Balaban J connectivity index is 0.00000320. The van der Waals surface area contributed by atoms with Crippen LogP contribution < -0.4 is 15.5 Å². The van der Waals surface area contributed by atoms with Crippen molar-refractivity contribution in [3.05, 3.63) is 65.2 Å². The zero-order valence-corrected chi connectivity index (χ0v) is 20.9. The van der Waals surface area contributed by atoms with E-state index >= 15 is 0 Å². The molecule has 2 aromatic carbocycles. The van der Waals surface area contributed by atoms with Gasteiger partial charge in [-0.25, -0.2) is 4.99 Å². The van der Waals surface area contributed by atoms with Crippen LogP contribution in [0.5, 0.6) is 0 Å². The van der Waals surface area contributed by atoms with Crippen molar-refractivity contribution in [2.75, 3.05) is 38.6 Å². The summed E-state index contributed by atoms with van der Waals surface area (Å²) in [5.41, 5.74) is 5.09. The fourth-order valence-corrected chi connectivity index (χ4v) is 3.56. The van der Waals surface area contributed by atoms with Gasteiger partial charge in [0.25, 0.3) is 0 Å². The van der Waals surface area contributed by atoms with Crippen LogP contribution in [-0.2, 0) is 19.6 Å². The number of benzene rings is 2. The van der Waals surface area contributed by atoms with E-state index in [0.29, 0.717) is 6.54 Å². The maximum absolute atomic E-state index is 4.73. The number of guanidine groups is 1. The molecule has 3 rings (SSSR count). The summed E-state index contributed by atoms with van der Waals surface area (Å²) in [6, 6.07) is 17.5. The molecule has 0 aliphatic carbocycles. The Morgan fingerprint density at radius 2 is 1.50 bits per heavy atom. The number of halogens is 1. The van der Waals surface area contributed by atoms with Crippen molar-refractivity contribution < 1.29 is 0 Å². The highest BCUT2D eigenvalue weighted by molar-refractivity contribution is 14.0. The molecule has 5 nitrogen and oxygen atoms in total. The van der Waals surface area contributed by atoms with Crippen LogP contribution in [0, 0.1) is 0 Å². The van der Waals surface area contributed by atoms with Gasteiger partial charge in [0.05, 0.1) is 6.54 Å². The number of likely N-dealkylation sites (tertiary alicyclic amines) is 1. The summed E-state index contributed by atoms with van der Waals surface area (Å²) in [7, 11) is 4.11. The fourth-order valence-electron chi connectivity index (χ4n) is 3.56. The molecular weight excluding hydrogens is 485 g/mol. The fraction of sp³-hybridized carbons (Fsp3) is 0.458.